The Kier molecular flexibility index (Phi) is 5.00. The van der Waals surface area contributed by atoms with Gasteiger partial charge in [-0.15, -0.1) is 0 Å². The molecule has 2 aromatic carbocycles. The van der Waals surface area contributed by atoms with E-state index in [1.54, 1.807) is 12.1 Å². The molecular formula is C17H16BrClO. The number of carbonyl (C=O) groups is 1. The molecule has 104 valence electrons. The van der Waals surface area contributed by atoms with Gasteiger partial charge < -0.3 is 0 Å². The van der Waals surface area contributed by atoms with Gasteiger partial charge in [0.1, 0.15) is 0 Å². The highest BCUT2D eigenvalue weighted by atomic mass is 79.9. The molecule has 0 atom stereocenters. The van der Waals surface area contributed by atoms with Gasteiger partial charge in [-0.3, -0.25) is 4.79 Å². The lowest BCUT2D eigenvalue weighted by atomic mass is 9.94. The van der Waals surface area contributed by atoms with Gasteiger partial charge in [-0.2, -0.15) is 0 Å². The number of hydrogen-bond donors (Lipinski definition) is 0. The van der Waals surface area contributed by atoms with Crippen LogP contribution in [0, 0.1) is 0 Å². The van der Waals surface area contributed by atoms with Crippen molar-refractivity contribution in [3.05, 3.63) is 68.1 Å². The van der Waals surface area contributed by atoms with E-state index in [-0.39, 0.29) is 5.78 Å². The van der Waals surface area contributed by atoms with Crippen LogP contribution in [0.25, 0.3) is 0 Å². The highest BCUT2D eigenvalue weighted by Crippen LogP contribution is 2.25. The van der Waals surface area contributed by atoms with Crippen molar-refractivity contribution < 1.29 is 4.79 Å². The Hall–Kier alpha value is -1.12. The lowest BCUT2D eigenvalue weighted by molar-refractivity contribution is 0.103. The van der Waals surface area contributed by atoms with Gasteiger partial charge in [0, 0.05) is 15.6 Å². The number of hydrogen-bond acceptors (Lipinski definition) is 1. The summed E-state index contributed by atoms with van der Waals surface area (Å²) in [5, 5.41) is 0.480. The fourth-order valence-corrected chi connectivity index (χ4v) is 2.94. The largest absolute Gasteiger partial charge is 0.289 e. The molecule has 0 aromatic heterocycles. The van der Waals surface area contributed by atoms with E-state index in [9.17, 15) is 4.79 Å². The van der Waals surface area contributed by atoms with Crippen LogP contribution in [-0.2, 0) is 12.8 Å². The Bertz CT molecular complexity index is 649. The SMILES string of the molecule is CCc1ccc(CC)c(C(=O)c2ccc(Br)cc2Cl)c1. The maximum Gasteiger partial charge on any atom is 0.194 e. The van der Waals surface area contributed by atoms with Crippen molar-refractivity contribution >= 4 is 33.3 Å². The van der Waals surface area contributed by atoms with Gasteiger partial charge in [-0.05, 0) is 48.2 Å². The second kappa shape index (κ2) is 6.55. The zero-order valence-corrected chi connectivity index (χ0v) is 13.9. The normalized spacial score (nSPS) is 10.6. The number of halogens is 2. The van der Waals surface area contributed by atoms with Crippen molar-refractivity contribution in [1.29, 1.82) is 0 Å². The first-order chi connectivity index (χ1) is 9.56. The van der Waals surface area contributed by atoms with Gasteiger partial charge in [0.05, 0.1) is 5.02 Å². The average molecular weight is 352 g/mol. The molecule has 0 radical (unpaired) electrons. The van der Waals surface area contributed by atoms with Crippen LogP contribution < -0.4 is 0 Å². The molecule has 0 N–H and O–H groups in total. The molecule has 1 nitrogen and oxygen atoms in total. The molecule has 3 heteroatoms. The Morgan fingerprint density at radius 2 is 1.80 bits per heavy atom. The molecule has 0 aliphatic carbocycles. The summed E-state index contributed by atoms with van der Waals surface area (Å²) >= 11 is 9.55. The van der Waals surface area contributed by atoms with Crippen LogP contribution in [0.3, 0.4) is 0 Å². The van der Waals surface area contributed by atoms with E-state index in [2.05, 4.69) is 35.8 Å². The maximum atomic E-state index is 12.7. The molecule has 2 rings (SSSR count). The summed E-state index contributed by atoms with van der Waals surface area (Å²) in [6.45, 7) is 4.14. The van der Waals surface area contributed by atoms with Crippen molar-refractivity contribution in [1.82, 2.24) is 0 Å². The predicted octanol–water partition coefficient (Wildman–Crippen LogP) is 5.46. The minimum Gasteiger partial charge on any atom is -0.289 e. The predicted molar refractivity (Wildman–Crippen MR) is 87.8 cm³/mol. The number of rotatable bonds is 4. The van der Waals surface area contributed by atoms with Gasteiger partial charge in [0.15, 0.2) is 5.78 Å². The van der Waals surface area contributed by atoms with Crippen molar-refractivity contribution in [3.63, 3.8) is 0 Å². The summed E-state index contributed by atoms with van der Waals surface area (Å²) in [4.78, 5) is 12.7. The lowest BCUT2D eigenvalue weighted by Gasteiger charge is -2.10. The lowest BCUT2D eigenvalue weighted by Crippen LogP contribution is -2.07. The van der Waals surface area contributed by atoms with E-state index in [1.165, 1.54) is 5.56 Å². The molecule has 0 fully saturated rings. The van der Waals surface area contributed by atoms with Gasteiger partial charge >= 0.3 is 0 Å². The number of carbonyl (C=O) groups excluding carboxylic acids is 1. The van der Waals surface area contributed by atoms with Gasteiger partial charge in [0.2, 0.25) is 0 Å². The third-order valence-corrected chi connectivity index (χ3v) is 4.19. The van der Waals surface area contributed by atoms with Crippen LogP contribution in [-0.4, -0.2) is 5.78 Å². The minimum atomic E-state index is -0.00495. The topological polar surface area (TPSA) is 17.1 Å². The monoisotopic (exact) mass is 350 g/mol. The molecule has 0 saturated carbocycles. The second-order valence-corrected chi connectivity index (χ2v) is 5.97. The van der Waals surface area contributed by atoms with E-state index in [0.29, 0.717) is 10.6 Å². The number of ketones is 1. The third-order valence-electron chi connectivity index (χ3n) is 3.38. The molecule has 0 heterocycles. The summed E-state index contributed by atoms with van der Waals surface area (Å²) in [5.41, 5.74) is 3.54. The summed E-state index contributed by atoms with van der Waals surface area (Å²) < 4.78 is 0.872. The van der Waals surface area contributed by atoms with E-state index < -0.39 is 0 Å². The smallest absolute Gasteiger partial charge is 0.194 e. The molecule has 0 aliphatic rings. The standard InChI is InChI=1S/C17H16BrClO/c1-3-11-5-6-12(4-2)15(9-11)17(20)14-8-7-13(18)10-16(14)19/h5-10H,3-4H2,1-2H3. The summed E-state index contributed by atoms with van der Waals surface area (Å²) in [5.74, 6) is -0.00495. The maximum absolute atomic E-state index is 12.7. The first kappa shape index (κ1) is 15.3. The number of aryl methyl sites for hydroxylation is 2. The zero-order valence-electron chi connectivity index (χ0n) is 11.5. The van der Waals surface area contributed by atoms with E-state index in [0.717, 1.165) is 28.4 Å². The second-order valence-electron chi connectivity index (χ2n) is 4.65. The van der Waals surface area contributed by atoms with Crippen LogP contribution in [0.4, 0.5) is 0 Å². The summed E-state index contributed by atoms with van der Waals surface area (Å²) in [6.07, 6.45) is 1.75. The molecule has 0 saturated heterocycles. The number of benzene rings is 2. The van der Waals surface area contributed by atoms with E-state index >= 15 is 0 Å². The Morgan fingerprint density at radius 1 is 1.05 bits per heavy atom. The molecular weight excluding hydrogens is 336 g/mol. The summed E-state index contributed by atoms with van der Waals surface area (Å²) in [7, 11) is 0. The quantitative estimate of drug-likeness (QED) is 0.669. The van der Waals surface area contributed by atoms with E-state index in [1.807, 2.05) is 18.2 Å². The van der Waals surface area contributed by atoms with Gasteiger partial charge in [-0.1, -0.05) is 53.5 Å². The Balaban J connectivity index is 2.51. The fraction of sp³-hybridized carbons (Fsp3) is 0.235. The zero-order chi connectivity index (χ0) is 14.7. The highest BCUT2D eigenvalue weighted by molar-refractivity contribution is 9.10. The minimum absolute atomic E-state index is 0.00495. The first-order valence-electron chi connectivity index (χ1n) is 6.68. The van der Waals surface area contributed by atoms with Crippen molar-refractivity contribution in [2.24, 2.45) is 0 Å². The van der Waals surface area contributed by atoms with Gasteiger partial charge in [-0.25, -0.2) is 0 Å². The Labute approximate surface area is 133 Å². The van der Waals surface area contributed by atoms with Crippen molar-refractivity contribution in [2.45, 2.75) is 26.7 Å². The molecule has 0 aliphatic heterocycles. The van der Waals surface area contributed by atoms with Crippen LogP contribution in [0.2, 0.25) is 5.02 Å². The summed E-state index contributed by atoms with van der Waals surface area (Å²) in [6, 6.07) is 11.5. The molecule has 0 bridgehead atoms. The molecule has 2 aromatic rings. The molecule has 0 unspecified atom stereocenters. The van der Waals surface area contributed by atoms with Crippen molar-refractivity contribution in [3.8, 4) is 0 Å². The van der Waals surface area contributed by atoms with Gasteiger partial charge in [0.25, 0.3) is 0 Å². The molecule has 0 amide bonds. The third kappa shape index (κ3) is 3.13. The van der Waals surface area contributed by atoms with Crippen LogP contribution in [0.5, 0.6) is 0 Å². The van der Waals surface area contributed by atoms with Crippen LogP contribution in [0.1, 0.15) is 40.9 Å². The fourth-order valence-electron chi connectivity index (χ4n) is 2.18. The molecule has 0 spiro atoms. The molecule has 20 heavy (non-hydrogen) atoms. The van der Waals surface area contributed by atoms with Crippen molar-refractivity contribution in [2.75, 3.05) is 0 Å². The highest BCUT2D eigenvalue weighted by Gasteiger charge is 2.16. The van der Waals surface area contributed by atoms with Crippen LogP contribution in [0.15, 0.2) is 40.9 Å². The first-order valence-corrected chi connectivity index (χ1v) is 7.85. The van der Waals surface area contributed by atoms with E-state index in [4.69, 9.17) is 11.6 Å². The average Bonchev–Trinajstić information content (AvgIpc) is 2.46. The van der Waals surface area contributed by atoms with Crippen LogP contribution >= 0.6 is 27.5 Å². The Morgan fingerprint density at radius 3 is 2.40 bits per heavy atom.